The Morgan fingerprint density at radius 3 is 3.08 bits per heavy atom. The summed E-state index contributed by atoms with van der Waals surface area (Å²) in [6.45, 7) is 0.335. The first-order chi connectivity index (χ1) is 6.31. The third-order valence-electron chi connectivity index (χ3n) is 2.33. The Morgan fingerprint density at radius 1 is 1.69 bits per heavy atom. The van der Waals surface area contributed by atoms with E-state index in [1.807, 2.05) is 5.51 Å². The summed E-state index contributed by atoms with van der Waals surface area (Å²) in [6.07, 6.45) is 2.79. The van der Waals surface area contributed by atoms with Crippen LogP contribution < -0.4 is 5.73 Å². The second-order valence-electron chi connectivity index (χ2n) is 3.53. The van der Waals surface area contributed by atoms with Crippen molar-refractivity contribution in [1.82, 2.24) is 4.98 Å². The molecule has 0 saturated heterocycles. The molecule has 1 aliphatic carbocycles. The summed E-state index contributed by atoms with van der Waals surface area (Å²) in [4.78, 5) is 5.55. The lowest BCUT2D eigenvalue weighted by atomic mass is 10.1. The molecular formula is C9H14N2OS. The zero-order chi connectivity index (χ0) is 9.26. The van der Waals surface area contributed by atoms with Crippen molar-refractivity contribution in [2.24, 2.45) is 5.73 Å². The Labute approximate surface area is 81.6 Å². The van der Waals surface area contributed by atoms with Gasteiger partial charge in [-0.05, 0) is 12.8 Å². The largest absolute Gasteiger partial charge is 0.391 e. The van der Waals surface area contributed by atoms with Gasteiger partial charge >= 0.3 is 0 Å². The predicted molar refractivity (Wildman–Crippen MR) is 52.9 cm³/mol. The Bertz CT molecular complexity index is 283. The molecule has 1 fully saturated rings. The van der Waals surface area contributed by atoms with E-state index in [-0.39, 0.29) is 0 Å². The fraction of sp³-hybridized carbons (Fsp3) is 0.667. The molecule has 0 spiro atoms. The van der Waals surface area contributed by atoms with E-state index in [2.05, 4.69) is 4.98 Å². The Kier molecular flexibility index (Phi) is 2.62. The average Bonchev–Trinajstić information content (AvgIpc) is 2.88. The van der Waals surface area contributed by atoms with Gasteiger partial charge in [0, 0.05) is 23.8 Å². The van der Waals surface area contributed by atoms with Crippen LogP contribution in [0, 0.1) is 0 Å². The molecule has 2 rings (SSSR count). The minimum absolute atomic E-state index is 0.335. The van der Waals surface area contributed by atoms with Gasteiger partial charge in [0.25, 0.3) is 0 Å². The van der Waals surface area contributed by atoms with Crippen LogP contribution in [0.15, 0.2) is 5.51 Å². The van der Waals surface area contributed by atoms with Gasteiger partial charge in [-0.2, -0.15) is 0 Å². The standard InChI is InChI=1S/C9H14N2OS/c10-4-7(12)3-8-9(6-1-2-6)11-5-13-8/h5-7,12H,1-4,10H2. The average molecular weight is 198 g/mol. The van der Waals surface area contributed by atoms with E-state index >= 15 is 0 Å². The van der Waals surface area contributed by atoms with Crippen molar-refractivity contribution in [2.75, 3.05) is 6.54 Å². The van der Waals surface area contributed by atoms with Crippen molar-refractivity contribution in [3.63, 3.8) is 0 Å². The number of thiazole rings is 1. The molecule has 1 aliphatic rings. The maximum Gasteiger partial charge on any atom is 0.0797 e. The summed E-state index contributed by atoms with van der Waals surface area (Å²) in [5.41, 5.74) is 8.44. The molecule has 0 radical (unpaired) electrons. The van der Waals surface area contributed by atoms with Gasteiger partial charge < -0.3 is 10.8 Å². The van der Waals surface area contributed by atoms with Gasteiger partial charge in [-0.15, -0.1) is 11.3 Å². The third kappa shape index (κ3) is 2.07. The van der Waals surface area contributed by atoms with E-state index in [0.29, 0.717) is 18.9 Å². The van der Waals surface area contributed by atoms with Crippen molar-refractivity contribution >= 4 is 11.3 Å². The molecule has 1 heterocycles. The molecule has 4 heteroatoms. The first-order valence-corrected chi connectivity index (χ1v) is 5.49. The van der Waals surface area contributed by atoms with Crippen LogP contribution in [0.3, 0.4) is 0 Å². The molecule has 0 aromatic carbocycles. The predicted octanol–water partition coefficient (Wildman–Crippen LogP) is 0.883. The van der Waals surface area contributed by atoms with Gasteiger partial charge in [0.1, 0.15) is 0 Å². The zero-order valence-corrected chi connectivity index (χ0v) is 8.26. The van der Waals surface area contributed by atoms with E-state index in [4.69, 9.17) is 5.73 Å². The van der Waals surface area contributed by atoms with Gasteiger partial charge in [-0.3, -0.25) is 0 Å². The lowest BCUT2D eigenvalue weighted by Crippen LogP contribution is -2.21. The molecule has 72 valence electrons. The highest BCUT2D eigenvalue weighted by Gasteiger charge is 2.28. The van der Waals surface area contributed by atoms with Crippen molar-refractivity contribution < 1.29 is 5.11 Å². The van der Waals surface area contributed by atoms with Crippen LogP contribution in [-0.4, -0.2) is 22.7 Å². The van der Waals surface area contributed by atoms with E-state index in [1.54, 1.807) is 11.3 Å². The van der Waals surface area contributed by atoms with Gasteiger partial charge in [-0.1, -0.05) is 0 Å². The highest BCUT2D eigenvalue weighted by molar-refractivity contribution is 7.09. The summed E-state index contributed by atoms with van der Waals surface area (Å²) in [5.74, 6) is 0.672. The van der Waals surface area contributed by atoms with Gasteiger partial charge in [-0.25, -0.2) is 4.98 Å². The summed E-state index contributed by atoms with van der Waals surface area (Å²) in [6, 6.07) is 0. The van der Waals surface area contributed by atoms with Crippen molar-refractivity contribution in [1.29, 1.82) is 0 Å². The maximum absolute atomic E-state index is 9.41. The molecule has 1 unspecified atom stereocenters. The minimum Gasteiger partial charge on any atom is -0.391 e. The molecule has 3 nitrogen and oxygen atoms in total. The first kappa shape index (κ1) is 9.12. The monoisotopic (exact) mass is 198 g/mol. The topological polar surface area (TPSA) is 59.1 Å². The minimum atomic E-state index is -0.405. The van der Waals surface area contributed by atoms with Crippen LogP contribution in [0.2, 0.25) is 0 Å². The number of aliphatic hydroxyl groups excluding tert-OH is 1. The van der Waals surface area contributed by atoms with Crippen LogP contribution in [-0.2, 0) is 6.42 Å². The second kappa shape index (κ2) is 3.74. The SMILES string of the molecule is NCC(O)Cc1scnc1C1CC1. The van der Waals surface area contributed by atoms with Crippen LogP contribution in [0.5, 0.6) is 0 Å². The quantitative estimate of drug-likeness (QED) is 0.755. The molecule has 1 aromatic heterocycles. The fourth-order valence-corrected chi connectivity index (χ4v) is 2.34. The molecule has 0 bridgehead atoms. The molecule has 13 heavy (non-hydrogen) atoms. The number of nitrogens with two attached hydrogens (primary N) is 1. The number of hydrogen-bond acceptors (Lipinski definition) is 4. The molecule has 1 atom stereocenters. The molecule has 1 aromatic rings. The van der Waals surface area contributed by atoms with Crippen LogP contribution in [0.4, 0.5) is 0 Å². The summed E-state index contributed by atoms with van der Waals surface area (Å²) in [7, 11) is 0. The Hall–Kier alpha value is -0.450. The number of aromatic nitrogens is 1. The van der Waals surface area contributed by atoms with E-state index in [0.717, 1.165) is 0 Å². The van der Waals surface area contributed by atoms with E-state index < -0.39 is 6.10 Å². The highest BCUT2D eigenvalue weighted by atomic mass is 32.1. The number of aliphatic hydroxyl groups is 1. The smallest absolute Gasteiger partial charge is 0.0797 e. The molecule has 1 saturated carbocycles. The van der Waals surface area contributed by atoms with E-state index in [9.17, 15) is 5.11 Å². The Balaban J connectivity index is 2.05. The molecule has 3 N–H and O–H groups in total. The van der Waals surface area contributed by atoms with E-state index in [1.165, 1.54) is 23.4 Å². The third-order valence-corrected chi connectivity index (χ3v) is 3.20. The fourth-order valence-electron chi connectivity index (χ4n) is 1.42. The maximum atomic E-state index is 9.41. The summed E-state index contributed by atoms with van der Waals surface area (Å²) < 4.78 is 0. The molecular weight excluding hydrogens is 184 g/mol. The highest BCUT2D eigenvalue weighted by Crippen LogP contribution is 2.41. The normalized spacial score (nSPS) is 18.9. The van der Waals surface area contributed by atoms with Crippen LogP contribution in [0.1, 0.15) is 29.3 Å². The Morgan fingerprint density at radius 2 is 2.46 bits per heavy atom. The zero-order valence-electron chi connectivity index (χ0n) is 7.44. The van der Waals surface area contributed by atoms with Gasteiger partial charge in [0.2, 0.25) is 0 Å². The van der Waals surface area contributed by atoms with Crippen molar-refractivity contribution in [2.45, 2.75) is 31.3 Å². The van der Waals surface area contributed by atoms with Gasteiger partial charge in [0.15, 0.2) is 0 Å². The molecule has 0 aliphatic heterocycles. The summed E-state index contributed by atoms with van der Waals surface area (Å²) in [5, 5.41) is 9.41. The van der Waals surface area contributed by atoms with Crippen molar-refractivity contribution in [3.8, 4) is 0 Å². The molecule has 0 amide bonds. The van der Waals surface area contributed by atoms with Gasteiger partial charge in [0.05, 0.1) is 17.3 Å². The first-order valence-electron chi connectivity index (χ1n) is 4.61. The number of nitrogens with zero attached hydrogens (tertiary/aromatic N) is 1. The van der Waals surface area contributed by atoms with Crippen LogP contribution in [0.25, 0.3) is 0 Å². The number of hydrogen-bond donors (Lipinski definition) is 2. The lowest BCUT2D eigenvalue weighted by molar-refractivity contribution is 0.184. The van der Waals surface area contributed by atoms with Crippen molar-refractivity contribution in [3.05, 3.63) is 16.1 Å². The second-order valence-corrected chi connectivity index (χ2v) is 4.47. The summed E-state index contributed by atoms with van der Waals surface area (Å²) >= 11 is 1.63. The van der Waals surface area contributed by atoms with Crippen LogP contribution >= 0.6 is 11.3 Å². The number of rotatable bonds is 4. The lowest BCUT2D eigenvalue weighted by Gasteiger charge is -2.06.